The minimum atomic E-state index is -3.23. The van der Waals surface area contributed by atoms with Gasteiger partial charge in [0.25, 0.3) is 0 Å². The summed E-state index contributed by atoms with van der Waals surface area (Å²) in [5.41, 5.74) is 8.41. The van der Waals surface area contributed by atoms with E-state index in [1.807, 2.05) is 54.6 Å². The maximum Gasteiger partial charge on any atom is 0.211 e. The van der Waals surface area contributed by atoms with Gasteiger partial charge in [0.05, 0.1) is 5.75 Å². The van der Waals surface area contributed by atoms with Gasteiger partial charge in [0.2, 0.25) is 10.0 Å². The lowest BCUT2D eigenvalue weighted by molar-refractivity contribution is 0.581. The fourth-order valence-corrected chi connectivity index (χ4v) is 3.07. The first-order valence-corrected chi connectivity index (χ1v) is 8.56. The molecule has 0 unspecified atom stereocenters. The third-order valence-electron chi connectivity index (χ3n) is 3.22. The predicted molar refractivity (Wildman–Crippen MR) is 93.7 cm³/mol. The van der Waals surface area contributed by atoms with Crippen LogP contribution in [-0.4, -0.2) is 20.7 Å². The molecule has 22 heavy (non-hydrogen) atoms. The van der Waals surface area contributed by atoms with Crippen molar-refractivity contribution in [1.29, 1.82) is 0 Å². The maximum atomic E-state index is 11.9. The van der Waals surface area contributed by atoms with Crippen LogP contribution >= 0.6 is 12.4 Å². The molecule has 0 radical (unpaired) electrons. The van der Waals surface area contributed by atoms with E-state index in [0.717, 1.165) is 11.1 Å². The lowest BCUT2D eigenvalue weighted by Crippen LogP contribution is -2.29. The fourth-order valence-electron chi connectivity index (χ4n) is 2.00. The molecular formula is C16H21ClN2O2S. The largest absolute Gasteiger partial charge is 0.399 e. The van der Waals surface area contributed by atoms with E-state index in [1.54, 1.807) is 0 Å². The predicted octanol–water partition coefficient (Wildman–Crippen LogP) is 2.40. The van der Waals surface area contributed by atoms with Gasteiger partial charge in [-0.15, -0.1) is 12.4 Å². The first-order valence-electron chi connectivity index (χ1n) is 6.91. The highest BCUT2D eigenvalue weighted by Gasteiger charge is 2.09. The van der Waals surface area contributed by atoms with Gasteiger partial charge in [0, 0.05) is 12.2 Å². The van der Waals surface area contributed by atoms with Crippen LogP contribution in [0.25, 0.3) is 0 Å². The lowest BCUT2D eigenvalue weighted by Gasteiger charge is -2.07. The SMILES string of the molecule is Cl.Nc1ccc(CCNS(=O)(=O)CCc2ccccc2)cc1. The van der Waals surface area contributed by atoms with Crippen LogP contribution in [-0.2, 0) is 22.9 Å². The Kier molecular flexibility index (Phi) is 7.38. The zero-order chi connectivity index (χ0) is 15.1. The van der Waals surface area contributed by atoms with E-state index in [1.165, 1.54) is 0 Å². The molecule has 0 aliphatic carbocycles. The molecule has 0 bridgehead atoms. The highest BCUT2D eigenvalue weighted by molar-refractivity contribution is 7.89. The summed E-state index contributed by atoms with van der Waals surface area (Å²) < 4.78 is 26.5. The van der Waals surface area contributed by atoms with Crippen LogP contribution in [0.3, 0.4) is 0 Å². The molecule has 0 atom stereocenters. The van der Waals surface area contributed by atoms with E-state index >= 15 is 0 Å². The summed E-state index contributed by atoms with van der Waals surface area (Å²) in [5, 5.41) is 0. The topological polar surface area (TPSA) is 72.2 Å². The molecule has 120 valence electrons. The third-order valence-corrected chi connectivity index (χ3v) is 4.60. The Morgan fingerprint density at radius 3 is 2.09 bits per heavy atom. The molecule has 0 saturated carbocycles. The Morgan fingerprint density at radius 2 is 1.45 bits per heavy atom. The van der Waals surface area contributed by atoms with Crippen molar-refractivity contribution in [3.8, 4) is 0 Å². The van der Waals surface area contributed by atoms with E-state index in [0.29, 0.717) is 25.1 Å². The van der Waals surface area contributed by atoms with Gasteiger partial charge < -0.3 is 5.73 Å². The molecule has 0 amide bonds. The van der Waals surface area contributed by atoms with E-state index < -0.39 is 10.0 Å². The number of hydrogen-bond acceptors (Lipinski definition) is 3. The summed E-state index contributed by atoms with van der Waals surface area (Å²) in [6, 6.07) is 17.1. The first kappa shape index (κ1) is 18.5. The van der Waals surface area contributed by atoms with Crippen LogP contribution in [0, 0.1) is 0 Å². The van der Waals surface area contributed by atoms with Crippen molar-refractivity contribution < 1.29 is 8.42 Å². The molecule has 0 fully saturated rings. The second-order valence-corrected chi connectivity index (χ2v) is 6.87. The number of sulfonamides is 1. The number of nitrogens with one attached hydrogen (secondary N) is 1. The highest BCUT2D eigenvalue weighted by Crippen LogP contribution is 2.06. The Bertz CT molecular complexity index is 658. The third kappa shape index (κ3) is 6.47. The molecule has 0 aliphatic rings. The normalized spacial score (nSPS) is 10.9. The molecule has 0 aromatic heterocycles. The first-order chi connectivity index (χ1) is 10.1. The average molecular weight is 341 g/mol. The molecule has 4 nitrogen and oxygen atoms in total. The number of benzene rings is 2. The van der Waals surface area contributed by atoms with Crippen LogP contribution in [0.2, 0.25) is 0 Å². The maximum absolute atomic E-state index is 11.9. The second kappa shape index (κ2) is 8.78. The van der Waals surface area contributed by atoms with Gasteiger partial charge in [-0.25, -0.2) is 13.1 Å². The van der Waals surface area contributed by atoms with Crippen LogP contribution in [0.4, 0.5) is 5.69 Å². The number of anilines is 1. The summed E-state index contributed by atoms with van der Waals surface area (Å²) >= 11 is 0. The summed E-state index contributed by atoms with van der Waals surface area (Å²) in [5.74, 6) is 0.110. The Hall–Kier alpha value is -1.56. The van der Waals surface area contributed by atoms with Gasteiger partial charge in [0.15, 0.2) is 0 Å². The summed E-state index contributed by atoms with van der Waals surface area (Å²) in [7, 11) is -3.23. The van der Waals surface area contributed by atoms with Crippen molar-refractivity contribution in [3.05, 3.63) is 65.7 Å². The minimum Gasteiger partial charge on any atom is -0.399 e. The van der Waals surface area contributed by atoms with Crippen LogP contribution in [0.15, 0.2) is 54.6 Å². The molecule has 0 aliphatic heterocycles. The van der Waals surface area contributed by atoms with E-state index in [-0.39, 0.29) is 18.2 Å². The molecule has 2 aromatic rings. The zero-order valence-electron chi connectivity index (χ0n) is 12.2. The Balaban J connectivity index is 0.00000242. The Labute approximate surface area is 138 Å². The minimum absolute atomic E-state index is 0. The van der Waals surface area contributed by atoms with Crippen molar-refractivity contribution in [2.45, 2.75) is 12.8 Å². The van der Waals surface area contributed by atoms with Crippen molar-refractivity contribution in [3.63, 3.8) is 0 Å². The molecule has 3 N–H and O–H groups in total. The summed E-state index contributed by atoms with van der Waals surface area (Å²) in [6.45, 7) is 0.404. The monoisotopic (exact) mass is 340 g/mol. The van der Waals surface area contributed by atoms with Crippen molar-refractivity contribution in [2.24, 2.45) is 0 Å². The van der Waals surface area contributed by atoms with Gasteiger partial charge in [-0.05, 0) is 36.1 Å². The van der Waals surface area contributed by atoms with Gasteiger partial charge in [-0.1, -0.05) is 42.5 Å². The van der Waals surface area contributed by atoms with Crippen LogP contribution in [0.5, 0.6) is 0 Å². The molecule has 6 heteroatoms. The van der Waals surface area contributed by atoms with E-state index in [9.17, 15) is 8.42 Å². The van der Waals surface area contributed by atoms with Crippen molar-refractivity contribution >= 4 is 28.1 Å². The van der Waals surface area contributed by atoms with E-state index in [4.69, 9.17) is 5.73 Å². The van der Waals surface area contributed by atoms with Gasteiger partial charge in [0.1, 0.15) is 0 Å². The van der Waals surface area contributed by atoms with Gasteiger partial charge in [-0.3, -0.25) is 0 Å². The van der Waals surface area contributed by atoms with Gasteiger partial charge >= 0.3 is 0 Å². The van der Waals surface area contributed by atoms with Gasteiger partial charge in [-0.2, -0.15) is 0 Å². The number of nitrogens with two attached hydrogens (primary N) is 1. The number of rotatable bonds is 7. The number of hydrogen-bond donors (Lipinski definition) is 2. The standard InChI is InChI=1S/C16H20N2O2S.ClH/c17-16-8-6-15(7-9-16)10-12-18-21(19,20)13-11-14-4-2-1-3-5-14;/h1-9,18H,10-13,17H2;1H. The quantitative estimate of drug-likeness (QED) is 0.760. The lowest BCUT2D eigenvalue weighted by atomic mass is 10.1. The van der Waals surface area contributed by atoms with E-state index in [2.05, 4.69) is 4.72 Å². The molecule has 2 aromatic carbocycles. The average Bonchev–Trinajstić information content (AvgIpc) is 2.48. The van der Waals surface area contributed by atoms with Crippen LogP contribution < -0.4 is 10.5 Å². The van der Waals surface area contributed by atoms with Crippen molar-refractivity contribution in [1.82, 2.24) is 4.72 Å². The molecule has 0 heterocycles. The number of nitrogen functional groups attached to an aromatic ring is 1. The molecule has 0 saturated heterocycles. The van der Waals surface area contributed by atoms with Crippen LogP contribution in [0.1, 0.15) is 11.1 Å². The number of aryl methyl sites for hydroxylation is 1. The highest BCUT2D eigenvalue weighted by atomic mass is 35.5. The van der Waals surface area contributed by atoms with Crippen molar-refractivity contribution in [2.75, 3.05) is 18.0 Å². The smallest absolute Gasteiger partial charge is 0.211 e. The number of halogens is 1. The molecule has 0 spiro atoms. The fraction of sp³-hybridized carbons (Fsp3) is 0.250. The zero-order valence-corrected chi connectivity index (χ0v) is 13.9. The second-order valence-electron chi connectivity index (χ2n) is 4.94. The summed E-state index contributed by atoms with van der Waals surface area (Å²) in [4.78, 5) is 0. The summed E-state index contributed by atoms with van der Waals surface area (Å²) in [6.07, 6.45) is 1.18. The Morgan fingerprint density at radius 1 is 0.864 bits per heavy atom. The molecule has 2 rings (SSSR count). The molecular weight excluding hydrogens is 320 g/mol.